The zero-order chi connectivity index (χ0) is 10.1. The molecule has 1 rings (SSSR count). The van der Waals surface area contributed by atoms with Crippen LogP contribution in [0.5, 0.6) is 0 Å². The second-order valence-electron chi connectivity index (χ2n) is 2.08. The van der Waals surface area contributed by atoms with E-state index in [4.69, 9.17) is 4.11 Å². The van der Waals surface area contributed by atoms with Crippen molar-refractivity contribution < 1.29 is 4.11 Å². The van der Waals surface area contributed by atoms with E-state index in [1.807, 2.05) is 13.0 Å². The third kappa shape index (κ3) is 1.51. The fraction of sp³-hybridized carbons (Fsp3) is 0.250. The van der Waals surface area contributed by atoms with Crippen molar-refractivity contribution in [3.8, 4) is 0 Å². The van der Waals surface area contributed by atoms with E-state index in [0.29, 0.717) is 5.69 Å². The molecule has 0 spiro atoms. The molecule has 0 amide bonds. The number of anilines is 1. The molecule has 0 aromatic heterocycles. The number of benzene rings is 1. The molecule has 0 fully saturated rings. The van der Waals surface area contributed by atoms with Gasteiger partial charge in [-0.2, -0.15) is 0 Å². The fourth-order valence-electron chi connectivity index (χ4n) is 0.767. The molecule has 0 bridgehead atoms. The van der Waals surface area contributed by atoms with Gasteiger partial charge in [0, 0.05) is 21.2 Å². The highest BCUT2D eigenvalue weighted by atomic mass is 79.9. The van der Waals surface area contributed by atoms with Gasteiger partial charge in [0.05, 0.1) is 0 Å². The Morgan fingerprint density at radius 3 is 3.00 bits per heavy atom. The highest BCUT2D eigenvalue weighted by Crippen LogP contribution is 2.18. The summed E-state index contributed by atoms with van der Waals surface area (Å²) in [5.41, 5.74) is 1.55. The van der Waals surface area contributed by atoms with E-state index >= 15 is 0 Å². The molecule has 1 nitrogen and oxygen atoms in total. The molecule has 1 N–H and O–H groups in total. The molecule has 10 heavy (non-hydrogen) atoms. The van der Waals surface area contributed by atoms with E-state index in [9.17, 15) is 0 Å². The summed E-state index contributed by atoms with van der Waals surface area (Å²) in [6.45, 7) is -0.266. The van der Waals surface area contributed by atoms with Crippen LogP contribution in [-0.2, 0) is 0 Å². The van der Waals surface area contributed by atoms with Crippen molar-refractivity contribution in [3.05, 3.63) is 28.2 Å². The maximum absolute atomic E-state index is 7.03. The van der Waals surface area contributed by atoms with Crippen LogP contribution in [0.3, 0.4) is 0 Å². The number of nitrogens with one attached hydrogen (secondary N) is 1. The molecule has 0 saturated carbocycles. The minimum absolute atomic E-state index is 0.642. The van der Waals surface area contributed by atoms with Crippen molar-refractivity contribution in [1.82, 2.24) is 0 Å². The lowest BCUT2D eigenvalue weighted by atomic mass is 10.2. The van der Waals surface area contributed by atoms with Crippen LogP contribution < -0.4 is 5.32 Å². The normalized spacial score (nSPS) is 15.2. The highest BCUT2D eigenvalue weighted by molar-refractivity contribution is 9.10. The molecule has 1 aromatic carbocycles. The second-order valence-corrected chi connectivity index (χ2v) is 3.00. The summed E-state index contributed by atoms with van der Waals surface area (Å²) in [7, 11) is 0. The minimum atomic E-state index is -2.13. The Hall–Kier alpha value is -0.500. The fourth-order valence-corrected chi connectivity index (χ4v) is 1.24. The van der Waals surface area contributed by atoms with Gasteiger partial charge in [0.1, 0.15) is 0 Å². The summed E-state index contributed by atoms with van der Waals surface area (Å²) in [4.78, 5) is 0. The lowest BCUT2D eigenvalue weighted by Gasteiger charge is -2.03. The first-order valence-electron chi connectivity index (χ1n) is 4.43. The van der Waals surface area contributed by atoms with E-state index < -0.39 is 6.98 Å². The van der Waals surface area contributed by atoms with Gasteiger partial charge < -0.3 is 5.32 Å². The van der Waals surface area contributed by atoms with Crippen LogP contribution >= 0.6 is 15.9 Å². The van der Waals surface area contributed by atoms with Crippen LogP contribution in [0, 0.1) is 6.92 Å². The molecule has 2 heteroatoms. The Kier molecular flexibility index (Phi) is 1.34. The van der Waals surface area contributed by atoms with E-state index in [2.05, 4.69) is 21.2 Å². The summed E-state index contributed by atoms with van der Waals surface area (Å²) in [6.07, 6.45) is 0. The van der Waals surface area contributed by atoms with Crippen molar-refractivity contribution in [2.24, 2.45) is 0 Å². The molecular weight excluding hydrogens is 190 g/mol. The van der Waals surface area contributed by atoms with Crippen molar-refractivity contribution in [2.75, 3.05) is 12.3 Å². The zero-order valence-electron chi connectivity index (χ0n) is 8.61. The first-order chi connectivity index (χ1) is 5.88. The molecule has 0 radical (unpaired) electrons. The SMILES string of the molecule is [2H]C([2H])([2H])Nc1ccc(Br)cc1C. The van der Waals surface area contributed by atoms with E-state index in [0.717, 1.165) is 10.0 Å². The van der Waals surface area contributed by atoms with Crippen LogP contribution in [0.1, 0.15) is 9.68 Å². The first-order valence-corrected chi connectivity index (χ1v) is 3.72. The lowest BCUT2D eigenvalue weighted by Crippen LogP contribution is -1.90. The Labute approximate surface area is 73.8 Å². The average molecular weight is 203 g/mol. The number of hydrogen-bond acceptors (Lipinski definition) is 1. The third-order valence-electron chi connectivity index (χ3n) is 1.32. The summed E-state index contributed by atoms with van der Waals surface area (Å²) < 4.78 is 22.0. The predicted octanol–water partition coefficient (Wildman–Crippen LogP) is 2.80. The van der Waals surface area contributed by atoms with Crippen molar-refractivity contribution in [2.45, 2.75) is 6.92 Å². The highest BCUT2D eigenvalue weighted by Gasteiger charge is 1.93. The maximum atomic E-state index is 7.03. The monoisotopic (exact) mass is 202 g/mol. The largest absolute Gasteiger partial charge is 0.388 e. The van der Waals surface area contributed by atoms with E-state index in [1.165, 1.54) is 0 Å². The Balaban J connectivity index is 2.90. The lowest BCUT2D eigenvalue weighted by molar-refractivity contribution is 1.39. The summed E-state index contributed by atoms with van der Waals surface area (Å²) in [5.74, 6) is 0. The summed E-state index contributed by atoms with van der Waals surface area (Å²) in [6, 6.07) is 5.42. The zero-order valence-corrected chi connectivity index (χ0v) is 7.20. The minimum Gasteiger partial charge on any atom is -0.388 e. The molecule has 0 saturated heterocycles. The molecular formula is C8H10BrN. The Morgan fingerprint density at radius 2 is 2.40 bits per heavy atom. The second kappa shape index (κ2) is 3.06. The van der Waals surface area contributed by atoms with Crippen molar-refractivity contribution >= 4 is 21.6 Å². The third-order valence-corrected chi connectivity index (χ3v) is 1.82. The Bertz CT molecular complexity index is 309. The standard InChI is InChI=1S/C8H10BrN/c1-6-5-7(9)3-4-8(6)10-2/h3-5,10H,1-2H3/i2D3. The quantitative estimate of drug-likeness (QED) is 0.739. The van der Waals surface area contributed by atoms with E-state index in [1.54, 1.807) is 12.1 Å². The van der Waals surface area contributed by atoms with Gasteiger partial charge in [-0.1, -0.05) is 15.9 Å². The van der Waals surface area contributed by atoms with Gasteiger partial charge >= 0.3 is 0 Å². The Morgan fingerprint density at radius 1 is 1.60 bits per heavy atom. The van der Waals surface area contributed by atoms with Crippen LogP contribution in [0.25, 0.3) is 0 Å². The van der Waals surface area contributed by atoms with Crippen LogP contribution in [0.4, 0.5) is 5.69 Å². The molecule has 0 aliphatic rings. The first kappa shape index (κ1) is 4.39. The predicted molar refractivity (Wildman–Crippen MR) is 48.4 cm³/mol. The van der Waals surface area contributed by atoms with E-state index in [-0.39, 0.29) is 0 Å². The molecule has 0 heterocycles. The number of rotatable bonds is 1. The molecule has 0 aliphatic carbocycles. The number of halogens is 1. The molecule has 0 aliphatic heterocycles. The molecule has 0 unspecified atom stereocenters. The smallest absolute Gasteiger partial charge is 0.0453 e. The van der Waals surface area contributed by atoms with Crippen molar-refractivity contribution in [1.29, 1.82) is 0 Å². The maximum Gasteiger partial charge on any atom is 0.0453 e. The average Bonchev–Trinajstić information content (AvgIpc) is 1.93. The number of hydrogen-bond donors (Lipinski definition) is 1. The van der Waals surface area contributed by atoms with Gasteiger partial charge in [-0.3, -0.25) is 0 Å². The number of aryl methyl sites for hydroxylation is 1. The summed E-state index contributed by atoms with van der Waals surface area (Å²) in [5, 5.41) is 2.46. The van der Waals surface area contributed by atoms with Gasteiger partial charge in [0.15, 0.2) is 0 Å². The van der Waals surface area contributed by atoms with Crippen LogP contribution in [0.15, 0.2) is 22.7 Å². The van der Waals surface area contributed by atoms with Gasteiger partial charge in [-0.05, 0) is 30.7 Å². The van der Waals surface area contributed by atoms with Crippen LogP contribution in [0.2, 0.25) is 0 Å². The van der Waals surface area contributed by atoms with Gasteiger partial charge in [-0.15, -0.1) is 0 Å². The summed E-state index contributed by atoms with van der Waals surface area (Å²) >= 11 is 3.31. The molecule has 0 atom stereocenters. The van der Waals surface area contributed by atoms with Crippen LogP contribution in [-0.4, -0.2) is 6.98 Å². The molecule has 54 valence electrons. The van der Waals surface area contributed by atoms with Gasteiger partial charge in [0.25, 0.3) is 0 Å². The van der Waals surface area contributed by atoms with Crippen molar-refractivity contribution in [3.63, 3.8) is 0 Å². The van der Waals surface area contributed by atoms with Gasteiger partial charge in [0.2, 0.25) is 0 Å². The van der Waals surface area contributed by atoms with Gasteiger partial charge in [-0.25, -0.2) is 0 Å². The topological polar surface area (TPSA) is 12.0 Å². The molecule has 1 aromatic rings.